The van der Waals surface area contributed by atoms with E-state index < -0.39 is 0 Å². The molecule has 4 heterocycles. The van der Waals surface area contributed by atoms with Crippen LogP contribution in [0.3, 0.4) is 0 Å². The van der Waals surface area contributed by atoms with Crippen LogP contribution in [-0.2, 0) is 0 Å². The molecule has 11 aromatic rings. The third-order valence-electron chi connectivity index (χ3n) is 9.99. The van der Waals surface area contributed by atoms with E-state index in [0.717, 1.165) is 87.9 Å². The second kappa shape index (κ2) is 11.2. The molecule has 6 heteroatoms. The topological polar surface area (TPSA) is 77.8 Å². The average molecular weight is 667 g/mol. The molecule has 0 spiro atoms. The summed E-state index contributed by atoms with van der Waals surface area (Å²) in [6.45, 7) is 0. The Labute approximate surface area is 296 Å². The number of hydrogen-bond donors (Lipinski definition) is 0. The van der Waals surface area contributed by atoms with E-state index in [1.165, 1.54) is 5.39 Å². The van der Waals surface area contributed by atoms with Gasteiger partial charge in [0.05, 0.1) is 0 Å². The first kappa shape index (κ1) is 28.6. The molecule has 52 heavy (non-hydrogen) atoms. The molecule has 0 aliphatic heterocycles. The fourth-order valence-corrected chi connectivity index (χ4v) is 7.52. The van der Waals surface area contributed by atoms with Crippen molar-refractivity contribution in [3.63, 3.8) is 0 Å². The molecule has 0 aliphatic carbocycles. The molecule has 4 aromatic heterocycles. The quantitative estimate of drug-likeness (QED) is 0.186. The zero-order chi connectivity index (χ0) is 34.2. The summed E-state index contributed by atoms with van der Waals surface area (Å²) in [5.41, 5.74) is 7.96. The van der Waals surface area contributed by atoms with Crippen LogP contribution in [0.5, 0.6) is 0 Å². The minimum atomic E-state index is 0.588. The van der Waals surface area contributed by atoms with Crippen molar-refractivity contribution in [1.82, 2.24) is 19.9 Å². The third-order valence-corrected chi connectivity index (χ3v) is 9.99. The van der Waals surface area contributed by atoms with Gasteiger partial charge in [-0.2, -0.15) is 0 Å². The van der Waals surface area contributed by atoms with Crippen molar-refractivity contribution in [3.8, 4) is 45.3 Å². The lowest BCUT2D eigenvalue weighted by atomic mass is 9.99. The Morgan fingerprint density at radius 1 is 0.365 bits per heavy atom. The van der Waals surface area contributed by atoms with E-state index in [1.807, 2.05) is 73.1 Å². The van der Waals surface area contributed by atoms with Gasteiger partial charge in [0.25, 0.3) is 0 Å². The number of pyridine rings is 1. The Morgan fingerprint density at radius 3 is 1.96 bits per heavy atom. The molecular formula is C46H26N4O2. The zero-order valence-electron chi connectivity index (χ0n) is 27.6. The molecule has 0 N–H and O–H groups in total. The molecular weight excluding hydrogens is 641 g/mol. The van der Waals surface area contributed by atoms with Crippen molar-refractivity contribution in [2.75, 3.05) is 0 Å². The lowest BCUT2D eigenvalue weighted by molar-refractivity contribution is 0.669. The Hall–Kier alpha value is -7.18. The number of fused-ring (bicyclic) bond motifs is 9. The number of benzene rings is 7. The van der Waals surface area contributed by atoms with Gasteiger partial charge in [0.2, 0.25) is 0 Å². The molecule has 242 valence electrons. The monoisotopic (exact) mass is 666 g/mol. The van der Waals surface area contributed by atoms with Gasteiger partial charge < -0.3 is 8.83 Å². The van der Waals surface area contributed by atoms with Crippen LogP contribution in [0.1, 0.15) is 0 Å². The smallest absolute Gasteiger partial charge is 0.164 e. The predicted octanol–water partition coefficient (Wildman–Crippen LogP) is 12.0. The van der Waals surface area contributed by atoms with E-state index in [1.54, 1.807) is 0 Å². The van der Waals surface area contributed by atoms with Gasteiger partial charge >= 0.3 is 0 Å². The van der Waals surface area contributed by atoms with Gasteiger partial charge in [-0.3, -0.25) is 4.98 Å². The summed E-state index contributed by atoms with van der Waals surface area (Å²) in [6.07, 6.45) is 3.80. The summed E-state index contributed by atoms with van der Waals surface area (Å²) in [5.74, 6) is 1.79. The maximum atomic E-state index is 6.54. The van der Waals surface area contributed by atoms with Gasteiger partial charge in [-0.1, -0.05) is 115 Å². The van der Waals surface area contributed by atoms with Gasteiger partial charge in [0.1, 0.15) is 22.3 Å². The van der Waals surface area contributed by atoms with Crippen LogP contribution in [0.15, 0.2) is 167 Å². The Bertz CT molecular complexity index is 3200. The molecule has 7 aromatic carbocycles. The van der Waals surface area contributed by atoms with Crippen LogP contribution in [0.4, 0.5) is 0 Å². The van der Waals surface area contributed by atoms with Crippen LogP contribution in [0.2, 0.25) is 0 Å². The van der Waals surface area contributed by atoms with Crippen molar-refractivity contribution in [1.29, 1.82) is 0 Å². The van der Waals surface area contributed by atoms with Gasteiger partial charge in [0, 0.05) is 56.2 Å². The van der Waals surface area contributed by atoms with Gasteiger partial charge in [-0.05, 0) is 57.4 Å². The summed E-state index contributed by atoms with van der Waals surface area (Å²) in [7, 11) is 0. The number of para-hydroxylation sites is 1. The van der Waals surface area contributed by atoms with E-state index in [-0.39, 0.29) is 0 Å². The van der Waals surface area contributed by atoms with Gasteiger partial charge in [0.15, 0.2) is 17.5 Å². The average Bonchev–Trinajstić information content (AvgIpc) is 3.80. The molecule has 0 aliphatic rings. The first-order valence-corrected chi connectivity index (χ1v) is 17.2. The molecule has 0 saturated carbocycles. The maximum Gasteiger partial charge on any atom is 0.164 e. The van der Waals surface area contributed by atoms with Crippen molar-refractivity contribution >= 4 is 65.4 Å². The molecule has 6 nitrogen and oxygen atoms in total. The molecule has 0 fully saturated rings. The van der Waals surface area contributed by atoms with Crippen LogP contribution in [0.25, 0.3) is 111 Å². The lowest BCUT2D eigenvalue weighted by Crippen LogP contribution is -2.00. The second-order valence-corrected chi connectivity index (χ2v) is 13.1. The molecule has 0 atom stereocenters. The van der Waals surface area contributed by atoms with Gasteiger partial charge in [-0.15, -0.1) is 0 Å². The van der Waals surface area contributed by atoms with Crippen molar-refractivity contribution in [2.24, 2.45) is 0 Å². The zero-order valence-corrected chi connectivity index (χ0v) is 27.6. The fraction of sp³-hybridized carbons (Fsp3) is 0. The number of nitrogens with zero attached hydrogens (tertiary/aromatic N) is 4. The van der Waals surface area contributed by atoms with Crippen LogP contribution in [0, 0.1) is 0 Å². The van der Waals surface area contributed by atoms with Crippen molar-refractivity contribution in [3.05, 3.63) is 158 Å². The summed E-state index contributed by atoms with van der Waals surface area (Å²) in [5, 5.41) is 8.59. The molecule has 0 amide bonds. The summed E-state index contributed by atoms with van der Waals surface area (Å²) in [6, 6.07) is 49.5. The molecule has 11 rings (SSSR count). The standard InChI is InChI=1S/C46H26N4O2/c1-2-10-29(11-3-1)44-48-45(50-46(49-44)35-14-8-16-39-42(35)34-13-6-7-15-38(34)51-39)31-20-18-27-17-19-30(23-32(27)24-31)36-25-47-26-37-41-33-12-5-4-9-28(33)21-22-40(41)52-43(36)37/h1-26H. The maximum absolute atomic E-state index is 6.54. The first-order chi connectivity index (χ1) is 25.7. The number of hydrogen-bond acceptors (Lipinski definition) is 6. The minimum absolute atomic E-state index is 0.588. The molecule has 0 unspecified atom stereocenters. The fourth-order valence-electron chi connectivity index (χ4n) is 7.52. The third kappa shape index (κ3) is 4.44. The number of rotatable bonds is 4. The Balaban J connectivity index is 1.09. The minimum Gasteiger partial charge on any atom is -0.456 e. The lowest BCUT2D eigenvalue weighted by Gasteiger charge is -2.10. The molecule has 0 radical (unpaired) electrons. The van der Waals surface area contributed by atoms with Crippen LogP contribution < -0.4 is 0 Å². The van der Waals surface area contributed by atoms with Crippen molar-refractivity contribution in [2.45, 2.75) is 0 Å². The summed E-state index contributed by atoms with van der Waals surface area (Å²) < 4.78 is 12.8. The SMILES string of the molecule is c1ccc(-c2nc(-c3ccc4ccc(-c5cncc6c5oc5ccc7ccccc7c56)cc4c3)nc(-c3cccc4oc5ccccc5c34)n2)cc1. The normalized spacial score (nSPS) is 11.8. The number of furan rings is 2. The van der Waals surface area contributed by atoms with E-state index >= 15 is 0 Å². The van der Waals surface area contributed by atoms with E-state index in [9.17, 15) is 0 Å². The summed E-state index contributed by atoms with van der Waals surface area (Å²) >= 11 is 0. The van der Waals surface area contributed by atoms with E-state index in [0.29, 0.717) is 17.5 Å². The highest BCUT2D eigenvalue weighted by Crippen LogP contribution is 2.40. The molecule has 0 bridgehead atoms. The molecule has 0 saturated heterocycles. The Morgan fingerprint density at radius 2 is 1.06 bits per heavy atom. The highest BCUT2D eigenvalue weighted by atomic mass is 16.3. The number of aromatic nitrogens is 4. The van der Waals surface area contributed by atoms with E-state index in [4.69, 9.17) is 23.8 Å². The largest absolute Gasteiger partial charge is 0.456 e. The van der Waals surface area contributed by atoms with Crippen LogP contribution >= 0.6 is 0 Å². The summed E-state index contributed by atoms with van der Waals surface area (Å²) in [4.78, 5) is 19.9. The first-order valence-electron chi connectivity index (χ1n) is 17.2. The highest BCUT2D eigenvalue weighted by molar-refractivity contribution is 6.20. The van der Waals surface area contributed by atoms with E-state index in [2.05, 4.69) is 89.9 Å². The van der Waals surface area contributed by atoms with Gasteiger partial charge in [-0.25, -0.2) is 15.0 Å². The van der Waals surface area contributed by atoms with Crippen LogP contribution in [-0.4, -0.2) is 19.9 Å². The predicted molar refractivity (Wildman–Crippen MR) is 209 cm³/mol. The Kier molecular flexibility index (Phi) is 6.15. The second-order valence-electron chi connectivity index (χ2n) is 13.1. The van der Waals surface area contributed by atoms with Crippen molar-refractivity contribution < 1.29 is 8.83 Å². The highest BCUT2D eigenvalue weighted by Gasteiger charge is 2.19.